The molecule has 0 spiro atoms. The van der Waals surface area contributed by atoms with Gasteiger partial charge in [0.15, 0.2) is 6.29 Å². The van der Waals surface area contributed by atoms with Gasteiger partial charge >= 0.3 is 0 Å². The summed E-state index contributed by atoms with van der Waals surface area (Å²) in [5.41, 5.74) is 0.836. The second-order valence-corrected chi connectivity index (χ2v) is 3.72. The normalized spacial score (nSPS) is 24.2. The van der Waals surface area contributed by atoms with Crippen LogP contribution in [0.15, 0.2) is 24.3 Å². The highest BCUT2D eigenvalue weighted by atomic mass is 19.1. The Labute approximate surface area is 93.4 Å². The standard InChI is InChI=1S/C12H12FNO2/c13-10-3-1-2-9(6-10)7-12-15-8-11(16-12)4-5-14/h1-3,6,11-12H,4,7-8H2. The lowest BCUT2D eigenvalue weighted by Crippen LogP contribution is -2.14. The maximum Gasteiger partial charge on any atom is 0.162 e. The second-order valence-electron chi connectivity index (χ2n) is 3.72. The molecule has 1 saturated heterocycles. The van der Waals surface area contributed by atoms with E-state index in [0.717, 1.165) is 5.56 Å². The molecule has 16 heavy (non-hydrogen) atoms. The SMILES string of the molecule is N#CCC1COC(Cc2cccc(F)c2)O1. The first-order valence-electron chi connectivity index (χ1n) is 5.16. The molecule has 1 aromatic carbocycles. The molecule has 1 fully saturated rings. The van der Waals surface area contributed by atoms with E-state index >= 15 is 0 Å². The Morgan fingerprint density at radius 2 is 2.38 bits per heavy atom. The summed E-state index contributed by atoms with van der Waals surface area (Å²) in [5.74, 6) is -0.260. The van der Waals surface area contributed by atoms with E-state index in [-0.39, 0.29) is 18.2 Å². The van der Waals surface area contributed by atoms with Gasteiger partial charge in [-0.2, -0.15) is 5.26 Å². The topological polar surface area (TPSA) is 42.2 Å². The molecule has 1 aliphatic rings. The molecule has 0 aliphatic carbocycles. The number of hydrogen-bond acceptors (Lipinski definition) is 3. The number of hydrogen-bond donors (Lipinski definition) is 0. The van der Waals surface area contributed by atoms with Crippen LogP contribution < -0.4 is 0 Å². The van der Waals surface area contributed by atoms with Gasteiger partial charge in [-0.15, -0.1) is 0 Å². The number of benzene rings is 1. The van der Waals surface area contributed by atoms with E-state index in [9.17, 15) is 4.39 Å². The molecule has 1 aliphatic heterocycles. The van der Waals surface area contributed by atoms with Gasteiger partial charge in [-0.3, -0.25) is 0 Å². The minimum atomic E-state index is -0.361. The van der Waals surface area contributed by atoms with E-state index in [4.69, 9.17) is 14.7 Å². The summed E-state index contributed by atoms with van der Waals surface area (Å²) in [4.78, 5) is 0. The molecule has 3 nitrogen and oxygen atoms in total. The van der Waals surface area contributed by atoms with E-state index in [1.165, 1.54) is 12.1 Å². The van der Waals surface area contributed by atoms with E-state index in [2.05, 4.69) is 0 Å². The average molecular weight is 221 g/mol. The van der Waals surface area contributed by atoms with Crippen molar-refractivity contribution in [2.24, 2.45) is 0 Å². The predicted octanol–water partition coefficient (Wildman–Crippen LogP) is 2.02. The van der Waals surface area contributed by atoms with Gasteiger partial charge in [-0.25, -0.2) is 4.39 Å². The van der Waals surface area contributed by atoms with Crippen LogP contribution in [0.5, 0.6) is 0 Å². The maximum absolute atomic E-state index is 12.9. The van der Waals surface area contributed by atoms with Crippen LogP contribution in [0.25, 0.3) is 0 Å². The van der Waals surface area contributed by atoms with Crippen LogP contribution in [-0.2, 0) is 15.9 Å². The molecule has 0 N–H and O–H groups in total. The summed E-state index contributed by atoms with van der Waals surface area (Å²) in [5, 5.41) is 8.50. The van der Waals surface area contributed by atoms with Crippen molar-refractivity contribution in [3.63, 3.8) is 0 Å². The van der Waals surface area contributed by atoms with Crippen molar-refractivity contribution in [3.05, 3.63) is 35.6 Å². The van der Waals surface area contributed by atoms with Crippen molar-refractivity contribution in [3.8, 4) is 6.07 Å². The summed E-state index contributed by atoms with van der Waals surface area (Å²) in [6.07, 6.45) is 0.336. The molecule has 1 aromatic rings. The lowest BCUT2D eigenvalue weighted by Gasteiger charge is -2.09. The molecule has 0 bridgehead atoms. The zero-order valence-corrected chi connectivity index (χ0v) is 8.73. The number of nitriles is 1. The molecule has 0 amide bonds. The molecule has 0 radical (unpaired) electrons. The fraction of sp³-hybridized carbons (Fsp3) is 0.417. The van der Waals surface area contributed by atoms with Gasteiger partial charge in [0.05, 0.1) is 25.2 Å². The van der Waals surface area contributed by atoms with Crippen LogP contribution in [-0.4, -0.2) is 19.0 Å². The van der Waals surface area contributed by atoms with Crippen LogP contribution in [0.2, 0.25) is 0 Å². The predicted molar refractivity (Wildman–Crippen MR) is 54.9 cm³/mol. The largest absolute Gasteiger partial charge is 0.350 e. The summed E-state index contributed by atoms with van der Waals surface area (Å²) < 4.78 is 23.8. The van der Waals surface area contributed by atoms with Crippen LogP contribution in [0.3, 0.4) is 0 Å². The van der Waals surface area contributed by atoms with E-state index in [0.29, 0.717) is 19.4 Å². The lowest BCUT2D eigenvalue weighted by atomic mass is 10.1. The highest BCUT2D eigenvalue weighted by Gasteiger charge is 2.25. The minimum Gasteiger partial charge on any atom is -0.350 e. The first kappa shape index (κ1) is 11.1. The van der Waals surface area contributed by atoms with E-state index in [1.807, 2.05) is 12.1 Å². The minimum absolute atomic E-state index is 0.149. The van der Waals surface area contributed by atoms with Crippen molar-refractivity contribution in [2.45, 2.75) is 25.2 Å². The Balaban J connectivity index is 1.90. The Kier molecular flexibility index (Phi) is 3.50. The second kappa shape index (κ2) is 5.06. The van der Waals surface area contributed by atoms with Crippen LogP contribution in [0, 0.1) is 17.1 Å². The monoisotopic (exact) mass is 221 g/mol. The molecule has 84 valence electrons. The van der Waals surface area contributed by atoms with Crippen molar-refractivity contribution >= 4 is 0 Å². The molecule has 1 heterocycles. The number of halogens is 1. The van der Waals surface area contributed by atoms with Gasteiger partial charge in [0.1, 0.15) is 5.82 Å². The smallest absolute Gasteiger partial charge is 0.162 e. The first-order valence-corrected chi connectivity index (χ1v) is 5.16. The Morgan fingerprint density at radius 1 is 1.50 bits per heavy atom. The summed E-state index contributed by atoms with van der Waals surface area (Å²) in [6.45, 7) is 0.438. The summed E-state index contributed by atoms with van der Waals surface area (Å²) in [7, 11) is 0. The zero-order valence-electron chi connectivity index (χ0n) is 8.73. The van der Waals surface area contributed by atoms with E-state index in [1.54, 1.807) is 6.07 Å². The number of rotatable bonds is 3. The Bertz CT molecular complexity index is 402. The molecule has 0 aromatic heterocycles. The lowest BCUT2D eigenvalue weighted by molar-refractivity contribution is -0.0548. The van der Waals surface area contributed by atoms with Gasteiger partial charge in [0, 0.05) is 6.42 Å². The van der Waals surface area contributed by atoms with E-state index < -0.39 is 0 Å². The third-order valence-corrected chi connectivity index (χ3v) is 2.42. The molecule has 4 heteroatoms. The van der Waals surface area contributed by atoms with Crippen molar-refractivity contribution in [1.29, 1.82) is 5.26 Å². The van der Waals surface area contributed by atoms with Crippen LogP contribution in [0.1, 0.15) is 12.0 Å². The molecule has 2 rings (SSSR count). The summed E-state index contributed by atoms with van der Waals surface area (Å²) in [6, 6.07) is 8.39. The van der Waals surface area contributed by atoms with Crippen molar-refractivity contribution < 1.29 is 13.9 Å². The number of ether oxygens (including phenoxy) is 2. The van der Waals surface area contributed by atoms with Gasteiger partial charge in [-0.05, 0) is 17.7 Å². The average Bonchev–Trinajstić information content (AvgIpc) is 2.66. The molecular formula is C12H12FNO2. The van der Waals surface area contributed by atoms with Gasteiger partial charge in [0.25, 0.3) is 0 Å². The Hall–Kier alpha value is -1.44. The number of nitrogens with zero attached hydrogens (tertiary/aromatic N) is 1. The highest BCUT2D eigenvalue weighted by Crippen LogP contribution is 2.18. The maximum atomic E-state index is 12.9. The third kappa shape index (κ3) is 2.78. The van der Waals surface area contributed by atoms with Gasteiger partial charge in [-0.1, -0.05) is 12.1 Å². The van der Waals surface area contributed by atoms with Crippen molar-refractivity contribution in [1.82, 2.24) is 0 Å². The first-order chi connectivity index (χ1) is 7.78. The van der Waals surface area contributed by atoms with Crippen LogP contribution in [0.4, 0.5) is 4.39 Å². The fourth-order valence-electron chi connectivity index (χ4n) is 1.68. The molecule has 2 unspecified atom stereocenters. The zero-order chi connectivity index (χ0) is 11.4. The highest BCUT2D eigenvalue weighted by molar-refractivity contribution is 5.16. The molecular weight excluding hydrogens is 209 g/mol. The third-order valence-electron chi connectivity index (χ3n) is 2.42. The molecule has 2 atom stereocenters. The Morgan fingerprint density at radius 3 is 3.12 bits per heavy atom. The van der Waals surface area contributed by atoms with Gasteiger partial charge < -0.3 is 9.47 Å². The molecule has 0 saturated carbocycles. The van der Waals surface area contributed by atoms with Crippen molar-refractivity contribution in [2.75, 3.05) is 6.61 Å². The quantitative estimate of drug-likeness (QED) is 0.784. The fourth-order valence-corrected chi connectivity index (χ4v) is 1.68. The van der Waals surface area contributed by atoms with Crippen LogP contribution >= 0.6 is 0 Å². The van der Waals surface area contributed by atoms with Gasteiger partial charge in [0.2, 0.25) is 0 Å². The summed E-state index contributed by atoms with van der Waals surface area (Å²) >= 11 is 0.